The number of aromatic nitrogens is 2. The molecule has 2 aromatic rings. The first kappa shape index (κ1) is 13.9. The molecule has 1 aromatic carbocycles. The van der Waals surface area contributed by atoms with Gasteiger partial charge in [0, 0.05) is 12.0 Å². The molecule has 0 fully saturated rings. The van der Waals surface area contributed by atoms with E-state index in [1.54, 1.807) is 0 Å². The molecule has 0 saturated heterocycles. The highest BCUT2D eigenvalue weighted by Crippen LogP contribution is 2.23. The minimum absolute atomic E-state index is 0.141. The standard InChI is InChI=1S/C18H20N2O/c1-3-17-16(9-12(2)19-20-17)18(21)11-13-7-8-14-5-4-6-15(14)10-13/h7-10H,3-6,11H2,1-2H3. The molecule has 3 heteroatoms. The Balaban J connectivity index is 1.85. The lowest BCUT2D eigenvalue weighted by Gasteiger charge is -2.08. The van der Waals surface area contributed by atoms with Crippen LogP contribution in [0.3, 0.4) is 0 Å². The van der Waals surface area contributed by atoms with Gasteiger partial charge in [0.2, 0.25) is 0 Å². The molecule has 108 valence electrons. The number of aryl methyl sites for hydroxylation is 4. The number of carbonyl (C=O) groups excluding carboxylic acids is 1. The summed E-state index contributed by atoms with van der Waals surface area (Å²) in [6.07, 6.45) is 4.74. The van der Waals surface area contributed by atoms with Gasteiger partial charge in [-0.25, -0.2) is 0 Å². The SMILES string of the molecule is CCc1nnc(C)cc1C(=O)Cc1ccc2c(c1)CCC2. The van der Waals surface area contributed by atoms with E-state index in [1.807, 2.05) is 19.9 Å². The van der Waals surface area contributed by atoms with E-state index in [9.17, 15) is 4.79 Å². The lowest BCUT2D eigenvalue weighted by atomic mass is 9.98. The Kier molecular flexibility index (Phi) is 3.82. The molecule has 0 aliphatic heterocycles. The summed E-state index contributed by atoms with van der Waals surface area (Å²) in [7, 11) is 0. The second kappa shape index (κ2) is 5.76. The molecule has 0 spiro atoms. The highest BCUT2D eigenvalue weighted by atomic mass is 16.1. The summed E-state index contributed by atoms with van der Waals surface area (Å²) in [4.78, 5) is 12.6. The Bertz CT molecular complexity index is 692. The fraction of sp³-hybridized carbons (Fsp3) is 0.389. The van der Waals surface area contributed by atoms with Gasteiger partial charge < -0.3 is 0 Å². The van der Waals surface area contributed by atoms with E-state index in [1.165, 1.54) is 24.0 Å². The molecular formula is C18H20N2O. The van der Waals surface area contributed by atoms with Gasteiger partial charge in [0.15, 0.2) is 5.78 Å². The average Bonchev–Trinajstić information content (AvgIpc) is 2.94. The zero-order valence-corrected chi connectivity index (χ0v) is 12.6. The molecule has 0 unspecified atom stereocenters. The van der Waals surface area contributed by atoms with Gasteiger partial charge >= 0.3 is 0 Å². The van der Waals surface area contributed by atoms with Gasteiger partial charge in [0.05, 0.1) is 11.4 Å². The van der Waals surface area contributed by atoms with Gasteiger partial charge in [-0.2, -0.15) is 10.2 Å². The minimum Gasteiger partial charge on any atom is -0.294 e. The molecule has 0 atom stereocenters. The Hall–Kier alpha value is -2.03. The van der Waals surface area contributed by atoms with Crippen molar-refractivity contribution in [3.8, 4) is 0 Å². The van der Waals surface area contributed by atoms with Crippen LogP contribution in [0.2, 0.25) is 0 Å². The summed E-state index contributed by atoms with van der Waals surface area (Å²) in [5.41, 5.74) is 6.29. The van der Waals surface area contributed by atoms with E-state index in [2.05, 4.69) is 28.4 Å². The van der Waals surface area contributed by atoms with Crippen molar-refractivity contribution in [1.29, 1.82) is 0 Å². The van der Waals surface area contributed by atoms with Gasteiger partial charge in [0.25, 0.3) is 0 Å². The van der Waals surface area contributed by atoms with Gasteiger partial charge in [-0.3, -0.25) is 4.79 Å². The Morgan fingerprint density at radius 1 is 1.14 bits per heavy atom. The van der Waals surface area contributed by atoms with Crippen molar-refractivity contribution in [1.82, 2.24) is 10.2 Å². The highest BCUT2D eigenvalue weighted by Gasteiger charge is 2.16. The van der Waals surface area contributed by atoms with Crippen LogP contribution in [0.5, 0.6) is 0 Å². The van der Waals surface area contributed by atoms with Crippen molar-refractivity contribution in [3.05, 3.63) is 57.9 Å². The maximum Gasteiger partial charge on any atom is 0.169 e. The van der Waals surface area contributed by atoms with Gasteiger partial charge in [0.1, 0.15) is 0 Å². The summed E-state index contributed by atoms with van der Waals surface area (Å²) in [6.45, 7) is 3.88. The number of carbonyl (C=O) groups is 1. The van der Waals surface area contributed by atoms with Crippen molar-refractivity contribution in [2.45, 2.75) is 46.0 Å². The van der Waals surface area contributed by atoms with Crippen molar-refractivity contribution >= 4 is 5.78 Å². The number of nitrogens with zero attached hydrogens (tertiary/aromatic N) is 2. The fourth-order valence-electron chi connectivity index (χ4n) is 3.03. The molecule has 1 heterocycles. The van der Waals surface area contributed by atoms with Crippen LogP contribution < -0.4 is 0 Å². The smallest absolute Gasteiger partial charge is 0.169 e. The van der Waals surface area contributed by atoms with E-state index in [-0.39, 0.29) is 5.78 Å². The first-order valence-corrected chi connectivity index (χ1v) is 7.64. The molecule has 0 radical (unpaired) electrons. The molecule has 1 aliphatic carbocycles. The summed E-state index contributed by atoms with van der Waals surface area (Å²) in [5.74, 6) is 0.141. The van der Waals surface area contributed by atoms with E-state index in [0.717, 1.165) is 35.4 Å². The molecular weight excluding hydrogens is 260 g/mol. The molecule has 3 rings (SSSR count). The van der Waals surface area contributed by atoms with Gasteiger partial charge in [-0.05, 0) is 55.4 Å². The van der Waals surface area contributed by atoms with E-state index in [0.29, 0.717) is 6.42 Å². The number of fused-ring (bicyclic) bond motifs is 1. The fourth-order valence-corrected chi connectivity index (χ4v) is 3.03. The lowest BCUT2D eigenvalue weighted by molar-refractivity contribution is 0.0991. The van der Waals surface area contributed by atoms with E-state index in [4.69, 9.17) is 0 Å². The topological polar surface area (TPSA) is 42.9 Å². The first-order valence-electron chi connectivity index (χ1n) is 7.64. The number of Topliss-reactive ketones (excluding diaryl/α,β-unsaturated/α-hetero) is 1. The molecule has 1 aliphatic rings. The Labute approximate surface area is 125 Å². The summed E-state index contributed by atoms with van der Waals surface area (Å²) in [6, 6.07) is 8.34. The van der Waals surface area contributed by atoms with Crippen LogP contribution in [0.25, 0.3) is 0 Å². The second-order valence-electron chi connectivity index (χ2n) is 5.76. The molecule has 0 amide bonds. The maximum atomic E-state index is 12.6. The molecule has 0 N–H and O–H groups in total. The van der Waals surface area contributed by atoms with Crippen molar-refractivity contribution < 1.29 is 4.79 Å². The van der Waals surface area contributed by atoms with Crippen LogP contribution >= 0.6 is 0 Å². The molecule has 0 bridgehead atoms. The molecule has 1 aromatic heterocycles. The maximum absolute atomic E-state index is 12.6. The predicted molar refractivity (Wildman–Crippen MR) is 82.6 cm³/mol. The van der Waals surface area contributed by atoms with E-state index >= 15 is 0 Å². The average molecular weight is 280 g/mol. The minimum atomic E-state index is 0.141. The van der Waals surface area contributed by atoms with Gasteiger partial charge in [-0.15, -0.1) is 0 Å². The third-order valence-corrected chi connectivity index (χ3v) is 4.16. The van der Waals surface area contributed by atoms with Crippen LogP contribution in [0.4, 0.5) is 0 Å². The summed E-state index contributed by atoms with van der Waals surface area (Å²) >= 11 is 0. The van der Waals surface area contributed by atoms with Crippen LogP contribution in [0, 0.1) is 6.92 Å². The van der Waals surface area contributed by atoms with Crippen molar-refractivity contribution in [2.24, 2.45) is 0 Å². The van der Waals surface area contributed by atoms with Crippen LogP contribution in [0.15, 0.2) is 24.3 Å². The number of rotatable bonds is 4. The Morgan fingerprint density at radius 3 is 2.76 bits per heavy atom. The number of hydrogen-bond acceptors (Lipinski definition) is 3. The first-order chi connectivity index (χ1) is 10.2. The van der Waals surface area contributed by atoms with E-state index < -0.39 is 0 Å². The summed E-state index contributed by atoms with van der Waals surface area (Å²) in [5, 5.41) is 8.19. The molecule has 3 nitrogen and oxygen atoms in total. The lowest BCUT2D eigenvalue weighted by Crippen LogP contribution is -2.10. The normalized spacial score (nSPS) is 13.2. The van der Waals surface area contributed by atoms with Crippen molar-refractivity contribution in [2.75, 3.05) is 0 Å². The van der Waals surface area contributed by atoms with Crippen LogP contribution in [0.1, 0.15) is 51.8 Å². The number of ketones is 1. The number of benzene rings is 1. The van der Waals surface area contributed by atoms with Gasteiger partial charge in [-0.1, -0.05) is 25.1 Å². The molecule has 0 saturated carbocycles. The highest BCUT2D eigenvalue weighted by molar-refractivity contribution is 5.98. The van der Waals surface area contributed by atoms with Crippen LogP contribution in [-0.2, 0) is 25.7 Å². The largest absolute Gasteiger partial charge is 0.294 e. The molecule has 21 heavy (non-hydrogen) atoms. The van der Waals surface area contributed by atoms with Crippen molar-refractivity contribution in [3.63, 3.8) is 0 Å². The summed E-state index contributed by atoms with van der Waals surface area (Å²) < 4.78 is 0. The number of hydrogen-bond donors (Lipinski definition) is 0. The Morgan fingerprint density at radius 2 is 1.95 bits per heavy atom. The zero-order valence-electron chi connectivity index (χ0n) is 12.6. The second-order valence-corrected chi connectivity index (χ2v) is 5.76. The third kappa shape index (κ3) is 2.87. The predicted octanol–water partition coefficient (Wildman–Crippen LogP) is 3.26. The third-order valence-electron chi connectivity index (χ3n) is 4.16. The van der Waals surface area contributed by atoms with Crippen LogP contribution in [-0.4, -0.2) is 16.0 Å². The monoisotopic (exact) mass is 280 g/mol. The zero-order chi connectivity index (χ0) is 14.8. The quantitative estimate of drug-likeness (QED) is 0.807.